The summed E-state index contributed by atoms with van der Waals surface area (Å²) in [7, 11) is 3.11. The number of pyridine rings is 1. The summed E-state index contributed by atoms with van der Waals surface area (Å²) in [5, 5.41) is 17.3. The predicted molar refractivity (Wildman–Crippen MR) is 108 cm³/mol. The molecule has 10 nitrogen and oxygen atoms in total. The normalized spacial score (nSPS) is 11.8. The third-order valence-corrected chi connectivity index (χ3v) is 4.41. The van der Waals surface area contributed by atoms with Crippen molar-refractivity contribution in [2.45, 2.75) is 13.5 Å². The molecule has 0 aliphatic rings. The van der Waals surface area contributed by atoms with E-state index in [1.807, 2.05) is 24.3 Å². The quantitative estimate of drug-likeness (QED) is 0.421. The molecule has 1 N–H and O–H groups in total. The molecule has 0 unspecified atom stereocenters. The van der Waals surface area contributed by atoms with Gasteiger partial charge in [0.15, 0.2) is 5.65 Å². The van der Waals surface area contributed by atoms with E-state index in [1.165, 1.54) is 5.01 Å². The van der Waals surface area contributed by atoms with E-state index in [2.05, 4.69) is 41.7 Å². The Morgan fingerprint density at radius 2 is 2.14 bits per heavy atom. The van der Waals surface area contributed by atoms with Crippen molar-refractivity contribution in [1.82, 2.24) is 40.3 Å². The Balaban J connectivity index is 1.66. The monoisotopic (exact) mass is 389 g/mol. The van der Waals surface area contributed by atoms with Crippen LogP contribution in [0, 0.1) is 0 Å². The van der Waals surface area contributed by atoms with Crippen LogP contribution in [-0.2, 0) is 6.54 Å². The molecule has 0 spiro atoms. The smallest absolute Gasteiger partial charge is 0.337 e. The van der Waals surface area contributed by atoms with E-state index in [4.69, 9.17) is 0 Å². The van der Waals surface area contributed by atoms with Gasteiger partial charge in [0.05, 0.1) is 24.0 Å². The first kappa shape index (κ1) is 18.4. The Morgan fingerprint density at radius 3 is 2.97 bits per heavy atom. The minimum atomic E-state index is -0.323. The van der Waals surface area contributed by atoms with Crippen molar-refractivity contribution < 1.29 is 4.79 Å². The van der Waals surface area contributed by atoms with Gasteiger partial charge >= 0.3 is 6.03 Å². The Bertz CT molecular complexity index is 1230. The molecule has 3 aromatic heterocycles. The predicted octanol–water partition coefficient (Wildman–Crippen LogP) is 1.81. The van der Waals surface area contributed by atoms with Crippen molar-refractivity contribution in [2.75, 3.05) is 14.1 Å². The van der Waals surface area contributed by atoms with Crippen LogP contribution in [0.1, 0.15) is 18.2 Å². The number of amides is 2. The van der Waals surface area contributed by atoms with Crippen LogP contribution < -0.4 is 5.32 Å². The van der Waals surface area contributed by atoms with Crippen molar-refractivity contribution in [2.24, 2.45) is 5.10 Å². The number of rotatable bonds is 4. The topological polar surface area (TPSA) is 114 Å². The number of fused-ring (bicyclic) bond motifs is 2. The maximum absolute atomic E-state index is 11.6. The van der Waals surface area contributed by atoms with Gasteiger partial charge in [-0.15, -0.1) is 5.10 Å². The zero-order chi connectivity index (χ0) is 20.4. The number of carbonyl (C=O) groups excluding carboxylic acids is 1. The van der Waals surface area contributed by atoms with Gasteiger partial charge in [-0.3, -0.25) is 4.98 Å². The van der Waals surface area contributed by atoms with Crippen molar-refractivity contribution in [3.05, 3.63) is 54.0 Å². The summed E-state index contributed by atoms with van der Waals surface area (Å²) in [6, 6.07) is 9.66. The number of hydrazone groups is 1. The maximum Gasteiger partial charge on any atom is 0.337 e. The lowest BCUT2D eigenvalue weighted by molar-refractivity contribution is 0.213. The molecule has 0 atom stereocenters. The molecule has 146 valence electrons. The van der Waals surface area contributed by atoms with Gasteiger partial charge in [0.2, 0.25) is 5.65 Å². The largest absolute Gasteiger partial charge is 0.340 e. The van der Waals surface area contributed by atoms with E-state index in [0.717, 1.165) is 16.5 Å². The average molecular weight is 389 g/mol. The number of urea groups is 1. The third-order valence-electron chi connectivity index (χ3n) is 4.41. The highest BCUT2D eigenvalue weighted by Crippen LogP contribution is 2.16. The molecule has 1 aromatic carbocycles. The molecule has 0 bridgehead atoms. The van der Waals surface area contributed by atoms with Gasteiger partial charge in [-0.2, -0.15) is 5.10 Å². The van der Waals surface area contributed by atoms with Crippen LogP contribution in [-0.4, -0.2) is 60.8 Å². The first-order valence-corrected chi connectivity index (χ1v) is 8.96. The molecular weight excluding hydrogens is 370 g/mol. The van der Waals surface area contributed by atoms with Crippen molar-refractivity contribution in [3.63, 3.8) is 0 Å². The number of hydrogen-bond donors (Lipinski definition) is 1. The van der Waals surface area contributed by atoms with Crippen molar-refractivity contribution in [1.29, 1.82) is 0 Å². The highest BCUT2D eigenvalue weighted by molar-refractivity contribution is 5.98. The second-order valence-corrected chi connectivity index (χ2v) is 6.44. The number of nitrogens with zero attached hydrogens (tertiary/aromatic N) is 8. The first-order chi connectivity index (χ1) is 14.0. The molecule has 4 rings (SSSR count). The van der Waals surface area contributed by atoms with E-state index in [1.54, 1.807) is 38.1 Å². The lowest BCUT2D eigenvalue weighted by Crippen LogP contribution is -2.31. The van der Waals surface area contributed by atoms with Crippen LogP contribution >= 0.6 is 0 Å². The van der Waals surface area contributed by atoms with E-state index < -0.39 is 0 Å². The van der Waals surface area contributed by atoms with Gasteiger partial charge < -0.3 is 5.32 Å². The lowest BCUT2D eigenvalue weighted by atomic mass is 10.1. The first-order valence-electron chi connectivity index (χ1n) is 8.96. The third kappa shape index (κ3) is 3.72. The molecule has 0 saturated heterocycles. The molecule has 3 heterocycles. The Kier molecular flexibility index (Phi) is 4.82. The van der Waals surface area contributed by atoms with Crippen LogP contribution in [0.4, 0.5) is 4.79 Å². The van der Waals surface area contributed by atoms with Crippen LogP contribution in [0.5, 0.6) is 0 Å². The number of benzene rings is 1. The summed E-state index contributed by atoms with van der Waals surface area (Å²) in [4.78, 5) is 24.9. The van der Waals surface area contributed by atoms with E-state index >= 15 is 0 Å². The summed E-state index contributed by atoms with van der Waals surface area (Å²) in [6.07, 6.45) is 3.34. The summed E-state index contributed by atoms with van der Waals surface area (Å²) < 4.78 is 1.69. The zero-order valence-corrected chi connectivity index (χ0v) is 16.2. The standard InChI is InChI=1S/C19H19N9O/c1-12(25-27(3)19(29)20-2)16-10-22-17-18(23-16)28(26-24-17)11-13-6-7-15-14(9-13)5-4-8-21-15/h4-10H,11H2,1-3H3,(H,20,29)/b25-12+. The Morgan fingerprint density at radius 1 is 1.28 bits per heavy atom. The molecule has 0 saturated carbocycles. The summed E-state index contributed by atoms with van der Waals surface area (Å²) in [6.45, 7) is 2.26. The van der Waals surface area contributed by atoms with Gasteiger partial charge in [0.25, 0.3) is 0 Å². The Hall–Kier alpha value is -3.95. The molecular formula is C19H19N9O. The average Bonchev–Trinajstić information content (AvgIpc) is 3.14. The SMILES string of the molecule is CNC(=O)N(C)/N=C(\C)c1cnc2nnn(Cc3ccc4ncccc4c3)c2n1. The lowest BCUT2D eigenvalue weighted by Gasteiger charge is -2.11. The molecule has 0 aliphatic heterocycles. The zero-order valence-electron chi connectivity index (χ0n) is 16.2. The molecule has 29 heavy (non-hydrogen) atoms. The molecule has 4 aromatic rings. The van der Waals surface area contributed by atoms with Gasteiger partial charge in [-0.25, -0.2) is 24.5 Å². The van der Waals surface area contributed by atoms with Gasteiger partial charge in [-0.1, -0.05) is 17.3 Å². The fourth-order valence-electron chi connectivity index (χ4n) is 2.92. The van der Waals surface area contributed by atoms with E-state index in [0.29, 0.717) is 29.2 Å². The highest BCUT2D eigenvalue weighted by Gasteiger charge is 2.12. The van der Waals surface area contributed by atoms with Crippen LogP contribution in [0.15, 0.2) is 47.8 Å². The van der Waals surface area contributed by atoms with Crippen LogP contribution in [0.3, 0.4) is 0 Å². The van der Waals surface area contributed by atoms with Crippen LogP contribution in [0.2, 0.25) is 0 Å². The summed E-state index contributed by atoms with van der Waals surface area (Å²) >= 11 is 0. The van der Waals surface area contributed by atoms with Crippen molar-refractivity contribution in [3.8, 4) is 0 Å². The molecule has 0 aliphatic carbocycles. The Labute approximate surface area is 166 Å². The number of carbonyl (C=O) groups is 1. The van der Waals surface area contributed by atoms with Gasteiger partial charge in [0.1, 0.15) is 5.69 Å². The summed E-state index contributed by atoms with van der Waals surface area (Å²) in [5.74, 6) is 0. The molecule has 2 amide bonds. The van der Waals surface area contributed by atoms with Crippen molar-refractivity contribution >= 4 is 33.9 Å². The van der Waals surface area contributed by atoms with Gasteiger partial charge in [-0.05, 0) is 30.7 Å². The molecule has 10 heteroatoms. The number of hydrogen-bond acceptors (Lipinski definition) is 7. The second kappa shape index (κ2) is 7.58. The number of nitrogens with one attached hydrogen (secondary N) is 1. The highest BCUT2D eigenvalue weighted by atomic mass is 16.2. The number of aromatic nitrogens is 6. The van der Waals surface area contributed by atoms with Crippen LogP contribution in [0.25, 0.3) is 22.2 Å². The second-order valence-electron chi connectivity index (χ2n) is 6.44. The minimum absolute atomic E-state index is 0.323. The van der Waals surface area contributed by atoms with E-state index in [-0.39, 0.29) is 6.03 Å². The van der Waals surface area contributed by atoms with E-state index in [9.17, 15) is 4.79 Å². The molecule has 0 fully saturated rings. The molecule has 0 radical (unpaired) electrons. The summed E-state index contributed by atoms with van der Waals surface area (Å²) in [5.41, 5.74) is 4.08. The van der Waals surface area contributed by atoms with Gasteiger partial charge in [0, 0.05) is 25.7 Å². The fraction of sp³-hybridized carbons (Fsp3) is 0.211. The fourth-order valence-corrected chi connectivity index (χ4v) is 2.92. The minimum Gasteiger partial charge on any atom is -0.340 e. The maximum atomic E-state index is 11.6.